The Hall–Kier alpha value is -2.25. The molecule has 3 rings (SSSR count). The molecule has 0 aliphatic carbocycles. The fourth-order valence-electron chi connectivity index (χ4n) is 3.05. The van der Waals surface area contributed by atoms with E-state index in [-0.39, 0.29) is 30.4 Å². The zero-order valence-corrected chi connectivity index (χ0v) is 15.4. The molecule has 7 heteroatoms. The summed E-state index contributed by atoms with van der Waals surface area (Å²) >= 11 is 1.51. The molecule has 2 saturated heterocycles. The lowest BCUT2D eigenvalue weighted by molar-refractivity contribution is -0.159. The molecular formula is C19H22N2O4S. The summed E-state index contributed by atoms with van der Waals surface area (Å²) in [4.78, 5) is 26.5. The summed E-state index contributed by atoms with van der Waals surface area (Å²) in [6.07, 6.45) is 5.11. The smallest absolute Gasteiger partial charge is 0.318 e. The fourth-order valence-corrected chi connectivity index (χ4v) is 4.51. The van der Waals surface area contributed by atoms with Crippen molar-refractivity contribution in [3.05, 3.63) is 54.6 Å². The summed E-state index contributed by atoms with van der Waals surface area (Å²) in [5.41, 5.74) is 5.80. The van der Waals surface area contributed by atoms with Crippen LogP contribution >= 0.6 is 11.8 Å². The van der Waals surface area contributed by atoms with Gasteiger partial charge < -0.3 is 20.1 Å². The van der Waals surface area contributed by atoms with E-state index >= 15 is 0 Å². The molecule has 6 nitrogen and oxygen atoms in total. The lowest BCUT2D eigenvalue weighted by Crippen LogP contribution is -2.71. The SMILES string of the molecule is C=CC=CC1(C(=O)OCc2ccc(OC)cc2)CS[C@@H]2C(N)C(=O)N2C1. The Morgan fingerprint density at radius 3 is 2.85 bits per heavy atom. The first kappa shape index (κ1) is 18.5. The predicted molar refractivity (Wildman–Crippen MR) is 100 cm³/mol. The van der Waals surface area contributed by atoms with E-state index in [4.69, 9.17) is 15.2 Å². The van der Waals surface area contributed by atoms with Crippen molar-refractivity contribution >= 4 is 23.6 Å². The van der Waals surface area contributed by atoms with Gasteiger partial charge in [0.25, 0.3) is 0 Å². The quantitative estimate of drug-likeness (QED) is 0.464. The third-order valence-electron chi connectivity index (χ3n) is 4.63. The molecule has 138 valence electrons. The highest BCUT2D eigenvalue weighted by atomic mass is 32.2. The molecule has 1 amide bonds. The van der Waals surface area contributed by atoms with Crippen LogP contribution in [0.2, 0.25) is 0 Å². The van der Waals surface area contributed by atoms with Gasteiger partial charge in [-0.25, -0.2) is 0 Å². The number of thioether (sulfide) groups is 1. The molecule has 0 aromatic heterocycles. The van der Waals surface area contributed by atoms with Crippen LogP contribution in [0.3, 0.4) is 0 Å². The lowest BCUT2D eigenvalue weighted by Gasteiger charge is -2.52. The second kappa shape index (κ2) is 7.55. The van der Waals surface area contributed by atoms with Crippen LogP contribution in [0.5, 0.6) is 5.75 Å². The van der Waals surface area contributed by atoms with Crippen molar-refractivity contribution in [1.82, 2.24) is 4.90 Å². The number of carbonyl (C=O) groups is 2. The predicted octanol–water partition coefficient (Wildman–Crippen LogP) is 1.71. The second-order valence-electron chi connectivity index (χ2n) is 6.37. The van der Waals surface area contributed by atoms with Gasteiger partial charge in [0, 0.05) is 12.3 Å². The number of methoxy groups -OCH3 is 1. The fraction of sp³-hybridized carbons (Fsp3) is 0.368. The Balaban J connectivity index is 1.70. The summed E-state index contributed by atoms with van der Waals surface area (Å²) < 4.78 is 10.7. The van der Waals surface area contributed by atoms with Crippen molar-refractivity contribution in [2.75, 3.05) is 19.4 Å². The van der Waals surface area contributed by atoms with Gasteiger partial charge in [-0.05, 0) is 17.7 Å². The summed E-state index contributed by atoms with van der Waals surface area (Å²) in [5.74, 6) is 0.779. The van der Waals surface area contributed by atoms with Crippen LogP contribution in [0.25, 0.3) is 0 Å². The molecule has 2 unspecified atom stereocenters. The van der Waals surface area contributed by atoms with Gasteiger partial charge in [0.15, 0.2) is 0 Å². The van der Waals surface area contributed by atoms with Crippen LogP contribution in [-0.4, -0.2) is 47.6 Å². The number of nitrogens with two attached hydrogens (primary N) is 1. The van der Waals surface area contributed by atoms with E-state index in [0.717, 1.165) is 11.3 Å². The maximum absolute atomic E-state index is 12.9. The van der Waals surface area contributed by atoms with E-state index < -0.39 is 11.5 Å². The topological polar surface area (TPSA) is 81.9 Å². The van der Waals surface area contributed by atoms with Crippen LogP contribution in [0, 0.1) is 5.41 Å². The van der Waals surface area contributed by atoms with Gasteiger partial charge in [-0.15, -0.1) is 11.8 Å². The van der Waals surface area contributed by atoms with Crippen LogP contribution in [0.1, 0.15) is 5.56 Å². The monoisotopic (exact) mass is 374 g/mol. The number of fused-ring (bicyclic) bond motifs is 1. The zero-order valence-electron chi connectivity index (χ0n) is 14.6. The lowest BCUT2D eigenvalue weighted by atomic mass is 9.86. The number of carbonyl (C=O) groups excluding carboxylic acids is 2. The standard InChI is InChI=1S/C19H22N2O4S/c1-3-4-9-19(11-21-16(22)15(20)17(21)26-12-19)18(23)25-10-13-5-7-14(24-2)8-6-13/h3-9,15,17H,1,10-12,20H2,2H3/t15?,17-,19?/m1/s1. The van der Waals surface area contributed by atoms with E-state index in [1.807, 2.05) is 24.3 Å². The number of allylic oxidation sites excluding steroid dienone is 2. The van der Waals surface area contributed by atoms with Gasteiger partial charge in [0.05, 0.1) is 7.11 Å². The highest BCUT2D eigenvalue weighted by Gasteiger charge is 2.55. The molecule has 2 aliphatic heterocycles. The van der Waals surface area contributed by atoms with Gasteiger partial charge in [-0.1, -0.05) is 36.9 Å². The van der Waals surface area contributed by atoms with Crippen molar-refractivity contribution in [3.63, 3.8) is 0 Å². The molecule has 26 heavy (non-hydrogen) atoms. The van der Waals surface area contributed by atoms with Gasteiger partial charge in [-0.2, -0.15) is 0 Å². The highest BCUT2D eigenvalue weighted by Crippen LogP contribution is 2.42. The molecule has 2 fully saturated rings. The number of hydrogen-bond acceptors (Lipinski definition) is 6. The van der Waals surface area contributed by atoms with E-state index in [1.165, 1.54) is 11.8 Å². The maximum atomic E-state index is 12.9. The Kier molecular flexibility index (Phi) is 5.38. The molecule has 0 saturated carbocycles. The first-order valence-corrected chi connectivity index (χ1v) is 9.34. The normalized spacial score (nSPS) is 27.6. The van der Waals surface area contributed by atoms with Gasteiger partial charge in [0.1, 0.15) is 29.2 Å². The van der Waals surface area contributed by atoms with Crippen molar-refractivity contribution in [2.45, 2.75) is 18.0 Å². The van der Waals surface area contributed by atoms with E-state index in [9.17, 15) is 9.59 Å². The summed E-state index contributed by atoms with van der Waals surface area (Å²) in [5, 5.41) is -0.0536. The van der Waals surface area contributed by atoms with Crippen LogP contribution in [0.4, 0.5) is 0 Å². The third-order valence-corrected chi connectivity index (χ3v) is 6.20. The number of nitrogens with zero attached hydrogens (tertiary/aromatic N) is 1. The van der Waals surface area contributed by atoms with E-state index in [2.05, 4.69) is 6.58 Å². The minimum atomic E-state index is -0.891. The molecule has 1 aromatic rings. The average molecular weight is 374 g/mol. The molecule has 2 aliphatic rings. The molecule has 0 bridgehead atoms. The number of β-lactam (4-membered cyclic amide) rings is 1. The minimum absolute atomic E-state index is 0.0536. The highest BCUT2D eigenvalue weighted by molar-refractivity contribution is 8.00. The maximum Gasteiger partial charge on any atom is 0.318 e. The molecule has 0 radical (unpaired) electrons. The molecule has 3 atom stereocenters. The van der Waals surface area contributed by atoms with Crippen molar-refractivity contribution in [2.24, 2.45) is 11.1 Å². The van der Waals surface area contributed by atoms with Crippen molar-refractivity contribution < 1.29 is 19.1 Å². The van der Waals surface area contributed by atoms with Crippen LogP contribution in [0.15, 0.2) is 49.1 Å². The third kappa shape index (κ3) is 3.37. The Morgan fingerprint density at radius 1 is 1.46 bits per heavy atom. The molecule has 1 aromatic carbocycles. The second-order valence-corrected chi connectivity index (χ2v) is 7.47. The molecule has 2 heterocycles. The van der Waals surface area contributed by atoms with Gasteiger partial charge >= 0.3 is 5.97 Å². The van der Waals surface area contributed by atoms with Gasteiger partial charge in [0.2, 0.25) is 5.91 Å². The number of hydrogen-bond donors (Lipinski definition) is 1. The van der Waals surface area contributed by atoms with E-state index in [1.54, 1.807) is 30.2 Å². The summed E-state index contributed by atoms with van der Waals surface area (Å²) in [6.45, 7) is 4.10. The minimum Gasteiger partial charge on any atom is -0.497 e. The zero-order chi connectivity index (χ0) is 18.7. The summed E-state index contributed by atoms with van der Waals surface area (Å²) in [7, 11) is 1.60. The largest absolute Gasteiger partial charge is 0.497 e. The first-order valence-electron chi connectivity index (χ1n) is 8.29. The van der Waals surface area contributed by atoms with Crippen molar-refractivity contribution in [3.8, 4) is 5.75 Å². The van der Waals surface area contributed by atoms with Crippen molar-refractivity contribution in [1.29, 1.82) is 0 Å². The number of esters is 1. The number of ether oxygens (including phenoxy) is 2. The average Bonchev–Trinajstić information content (AvgIpc) is 2.69. The Bertz CT molecular complexity index is 734. The van der Waals surface area contributed by atoms with Gasteiger partial charge in [-0.3, -0.25) is 9.59 Å². The molecule has 0 spiro atoms. The summed E-state index contributed by atoms with van der Waals surface area (Å²) in [6, 6.07) is 6.86. The molecule has 2 N–H and O–H groups in total. The van der Waals surface area contributed by atoms with Crippen LogP contribution < -0.4 is 10.5 Å². The van der Waals surface area contributed by atoms with Crippen LogP contribution in [-0.2, 0) is 20.9 Å². The Morgan fingerprint density at radius 2 is 2.19 bits per heavy atom. The number of amides is 1. The first-order chi connectivity index (χ1) is 12.5. The number of rotatable bonds is 6. The van der Waals surface area contributed by atoms with E-state index in [0.29, 0.717) is 5.75 Å². The number of benzene rings is 1. The molecular weight excluding hydrogens is 352 g/mol. The Labute approximate surface area is 157 Å².